The van der Waals surface area contributed by atoms with E-state index in [4.69, 9.17) is 9.47 Å². The topological polar surface area (TPSA) is 72.7 Å². The molecule has 1 amide bonds. The fourth-order valence-corrected chi connectivity index (χ4v) is 4.55. The molecular formula is C23H33N5O3. The number of aromatic nitrogens is 3. The van der Waals surface area contributed by atoms with Gasteiger partial charge in [0.2, 0.25) is 0 Å². The first-order valence-electron chi connectivity index (χ1n) is 11.4. The van der Waals surface area contributed by atoms with Gasteiger partial charge in [-0.15, -0.1) is 5.10 Å². The van der Waals surface area contributed by atoms with Crippen LogP contribution in [0.5, 0.6) is 11.5 Å². The van der Waals surface area contributed by atoms with Gasteiger partial charge in [0.05, 0.1) is 26.0 Å². The molecule has 0 radical (unpaired) electrons. The van der Waals surface area contributed by atoms with Crippen LogP contribution in [0.4, 0.5) is 0 Å². The number of likely N-dealkylation sites (tertiary alicyclic amines) is 2. The van der Waals surface area contributed by atoms with E-state index in [-0.39, 0.29) is 11.9 Å². The quantitative estimate of drug-likeness (QED) is 0.676. The van der Waals surface area contributed by atoms with Crippen LogP contribution in [0.1, 0.15) is 61.1 Å². The van der Waals surface area contributed by atoms with Crippen molar-refractivity contribution in [2.75, 3.05) is 39.9 Å². The average molecular weight is 428 g/mol. The molecule has 0 spiro atoms. The van der Waals surface area contributed by atoms with Gasteiger partial charge in [-0.3, -0.25) is 9.69 Å². The van der Waals surface area contributed by atoms with Gasteiger partial charge in [0.25, 0.3) is 5.91 Å². The summed E-state index contributed by atoms with van der Waals surface area (Å²) >= 11 is 0. The zero-order chi connectivity index (χ0) is 21.6. The lowest BCUT2D eigenvalue weighted by Gasteiger charge is -2.32. The molecule has 3 heterocycles. The van der Waals surface area contributed by atoms with Gasteiger partial charge in [-0.1, -0.05) is 11.3 Å². The molecule has 0 bridgehead atoms. The summed E-state index contributed by atoms with van der Waals surface area (Å²) in [4.78, 5) is 17.1. The van der Waals surface area contributed by atoms with Crippen LogP contribution < -0.4 is 9.47 Å². The molecule has 8 heteroatoms. The Morgan fingerprint density at radius 3 is 2.74 bits per heavy atom. The molecule has 2 fully saturated rings. The first-order chi connectivity index (χ1) is 15.2. The van der Waals surface area contributed by atoms with Crippen molar-refractivity contribution in [3.8, 4) is 11.5 Å². The van der Waals surface area contributed by atoms with E-state index in [0.717, 1.165) is 69.9 Å². The van der Waals surface area contributed by atoms with Gasteiger partial charge < -0.3 is 14.4 Å². The molecule has 2 aromatic rings. The Labute approximate surface area is 184 Å². The summed E-state index contributed by atoms with van der Waals surface area (Å²) < 4.78 is 13.0. The Balaban J connectivity index is 1.39. The average Bonchev–Trinajstić information content (AvgIpc) is 3.30. The van der Waals surface area contributed by atoms with E-state index in [9.17, 15) is 4.79 Å². The van der Waals surface area contributed by atoms with Crippen molar-refractivity contribution in [3.05, 3.63) is 35.7 Å². The molecule has 2 aliphatic heterocycles. The maximum absolute atomic E-state index is 12.7. The fraction of sp³-hybridized carbons (Fsp3) is 0.609. The van der Waals surface area contributed by atoms with Crippen LogP contribution in [0.25, 0.3) is 0 Å². The molecule has 31 heavy (non-hydrogen) atoms. The second kappa shape index (κ2) is 10.1. The Morgan fingerprint density at radius 1 is 1.13 bits per heavy atom. The Bertz CT molecular complexity index is 878. The molecule has 1 aromatic carbocycles. The second-order valence-corrected chi connectivity index (χ2v) is 8.39. The minimum atomic E-state index is 0.0142. The number of amides is 1. The molecule has 168 valence electrons. The Hall–Kier alpha value is -2.61. The molecule has 0 saturated carbocycles. The first kappa shape index (κ1) is 21.6. The monoisotopic (exact) mass is 427 g/mol. The number of hydrogen-bond donors (Lipinski definition) is 0. The lowest BCUT2D eigenvalue weighted by molar-refractivity contribution is 0.0718. The van der Waals surface area contributed by atoms with Crippen LogP contribution in [0, 0.1) is 0 Å². The molecular weight excluding hydrogens is 394 g/mol. The third kappa shape index (κ3) is 5.18. The number of hydrogen-bond acceptors (Lipinski definition) is 6. The molecule has 0 N–H and O–H groups in total. The van der Waals surface area contributed by atoms with E-state index in [1.165, 1.54) is 12.0 Å². The molecule has 2 saturated heterocycles. The summed E-state index contributed by atoms with van der Waals surface area (Å²) in [5.74, 6) is 1.56. The highest BCUT2D eigenvalue weighted by atomic mass is 16.5. The van der Waals surface area contributed by atoms with Gasteiger partial charge >= 0.3 is 0 Å². The second-order valence-electron chi connectivity index (χ2n) is 8.39. The Morgan fingerprint density at radius 2 is 1.97 bits per heavy atom. The molecule has 0 unspecified atom stereocenters. The summed E-state index contributed by atoms with van der Waals surface area (Å²) in [5, 5.41) is 8.51. The van der Waals surface area contributed by atoms with Gasteiger partial charge in [-0.25, -0.2) is 4.68 Å². The lowest BCUT2D eigenvalue weighted by atomic mass is 10.0. The minimum absolute atomic E-state index is 0.0142. The van der Waals surface area contributed by atoms with Crippen LogP contribution in [-0.4, -0.2) is 70.6 Å². The van der Waals surface area contributed by atoms with Crippen molar-refractivity contribution in [2.24, 2.45) is 0 Å². The number of benzene rings is 1. The molecule has 0 aliphatic carbocycles. The summed E-state index contributed by atoms with van der Waals surface area (Å²) in [5.41, 5.74) is 1.67. The van der Waals surface area contributed by atoms with E-state index in [2.05, 4.69) is 27.3 Å². The van der Waals surface area contributed by atoms with E-state index >= 15 is 0 Å². The third-order valence-corrected chi connectivity index (χ3v) is 6.16. The highest BCUT2D eigenvalue weighted by molar-refractivity contribution is 5.91. The SMILES string of the molecule is CCOc1cc(CN2CCC[C@H](n3cc(C(=O)N4CCCCC4)nn3)C2)ccc1OC. The van der Waals surface area contributed by atoms with Crippen molar-refractivity contribution < 1.29 is 14.3 Å². The first-order valence-corrected chi connectivity index (χ1v) is 11.4. The smallest absolute Gasteiger partial charge is 0.276 e. The van der Waals surface area contributed by atoms with Crippen LogP contribution in [0.3, 0.4) is 0 Å². The van der Waals surface area contributed by atoms with Crippen molar-refractivity contribution in [1.29, 1.82) is 0 Å². The zero-order valence-electron chi connectivity index (χ0n) is 18.6. The minimum Gasteiger partial charge on any atom is -0.493 e. The molecule has 1 aromatic heterocycles. The number of piperidine rings is 2. The number of carbonyl (C=O) groups excluding carboxylic acids is 1. The normalized spacial score (nSPS) is 19.9. The maximum Gasteiger partial charge on any atom is 0.276 e. The van der Waals surface area contributed by atoms with E-state index < -0.39 is 0 Å². The van der Waals surface area contributed by atoms with Crippen LogP contribution in [-0.2, 0) is 6.54 Å². The molecule has 8 nitrogen and oxygen atoms in total. The van der Waals surface area contributed by atoms with E-state index in [1.807, 2.05) is 28.8 Å². The molecule has 4 rings (SSSR count). The van der Waals surface area contributed by atoms with Gasteiger partial charge in [0.1, 0.15) is 0 Å². The predicted molar refractivity (Wildman–Crippen MR) is 117 cm³/mol. The number of rotatable bonds is 7. The number of ether oxygens (including phenoxy) is 2. The standard InChI is InChI=1S/C23H33N5O3/c1-3-31-22-14-18(9-10-21(22)30-2)15-26-11-7-8-19(16-26)28-17-20(24-25-28)23(29)27-12-5-4-6-13-27/h9-10,14,17,19H,3-8,11-13,15-16H2,1-2H3/t19-/m0/s1. The van der Waals surface area contributed by atoms with Crippen molar-refractivity contribution >= 4 is 5.91 Å². The number of methoxy groups -OCH3 is 1. The van der Waals surface area contributed by atoms with E-state index in [1.54, 1.807) is 7.11 Å². The van der Waals surface area contributed by atoms with Crippen LogP contribution >= 0.6 is 0 Å². The maximum atomic E-state index is 12.7. The zero-order valence-corrected chi connectivity index (χ0v) is 18.6. The summed E-state index contributed by atoms with van der Waals surface area (Å²) in [6.45, 7) is 7.01. The highest BCUT2D eigenvalue weighted by Gasteiger charge is 2.26. The predicted octanol–water partition coefficient (Wildman–Crippen LogP) is 3.15. The van der Waals surface area contributed by atoms with Gasteiger partial charge in [-0.2, -0.15) is 0 Å². The number of nitrogens with zero attached hydrogens (tertiary/aromatic N) is 5. The number of carbonyl (C=O) groups is 1. The summed E-state index contributed by atoms with van der Waals surface area (Å²) in [7, 11) is 1.66. The summed E-state index contributed by atoms with van der Waals surface area (Å²) in [6, 6.07) is 6.36. The van der Waals surface area contributed by atoms with Crippen LogP contribution in [0.2, 0.25) is 0 Å². The summed E-state index contributed by atoms with van der Waals surface area (Å²) in [6.07, 6.45) is 7.33. The largest absolute Gasteiger partial charge is 0.493 e. The van der Waals surface area contributed by atoms with Crippen molar-refractivity contribution in [3.63, 3.8) is 0 Å². The van der Waals surface area contributed by atoms with Crippen molar-refractivity contribution in [2.45, 2.75) is 51.6 Å². The van der Waals surface area contributed by atoms with E-state index in [0.29, 0.717) is 12.3 Å². The Kier molecular flexibility index (Phi) is 7.06. The van der Waals surface area contributed by atoms with Crippen LogP contribution in [0.15, 0.2) is 24.4 Å². The lowest BCUT2D eigenvalue weighted by Crippen LogP contribution is -2.36. The van der Waals surface area contributed by atoms with Gasteiger partial charge in [0, 0.05) is 26.2 Å². The third-order valence-electron chi connectivity index (χ3n) is 6.16. The van der Waals surface area contributed by atoms with Crippen molar-refractivity contribution in [1.82, 2.24) is 24.8 Å². The molecule has 1 atom stereocenters. The van der Waals surface area contributed by atoms with Gasteiger partial charge in [0.15, 0.2) is 17.2 Å². The molecule has 2 aliphatic rings. The van der Waals surface area contributed by atoms with Gasteiger partial charge in [-0.05, 0) is 63.3 Å². The highest BCUT2D eigenvalue weighted by Crippen LogP contribution is 2.29. The fourth-order valence-electron chi connectivity index (χ4n) is 4.55.